The van der Waals surface area contributed by atoms with Crippen molar-refractivity contribution in [2.45, 2.75) is 63.7 Å². The standard InChI is InChI=1S/C24H38N8O7/c1-12(2)19(26)22(37)32-16(10-13-5-7-14(33)8-6-13)20(35)31-17(11-18(25)34)21(36)30-15(23(38)39)4-3-9-29-24(27)28/h5-8,12,15-17,19,33H,3-4,9-11,26H2,1-2H3,(H2,25,34)(H,30,36)(H,31,35)(H,32,37)(H,38,39)(H4,27,28,29). The molecule has 15 heteroatoms. The average molecular weight is 551 g/mol. The number of phenols is 1. The van der Waals surface area contributed by atoms with E-state index in [1.807, 2.05) is 0 Å². The van der Waals surface area contributed by atoms with Crippen molar-refractivity contribution in [2.75, 3.05) is 6.54 Å². The molecule has 13 N–H and O–H groups in total. The molecule has 0 radical (unpaired) electrons. The molecule has 4 atom stereocenters. The Morgan fingerprint density at radius 2 is 1.41 bits per heavy atom. The van der Waals surface area contributed by atoms with Gasteiger partial charge in [0.2, 0.25) is 23.6 Å². The van der Waals surface area contributed by atoms with Crippen LogP contribution in [0.2, 0.25) is 0 Å². The van der Waals surface area contributed by atoms with Gasteiger partial charge >= 0.3 is 5.97 Å². The topological polar surface area (TPSA) is 278 Å². The van der Waals surface area contributed by atoms with E-state index in [2.05, 4.69) is 20.9 Å². The lowest BCUT2D eigenvalue weighted by Gasteiger charge is -2.25. The Bertz CT molecular complexity index is 1040. The van der Waals surface area contributed by atoms with Crippen molar-refractivity contribution in [1.82, 2.24) is 16.0 Å². The van der Waals surface area contributed by atoms with Gasteiger partial charge in [0.15, 0.2) is 5.96 Å². The second-order valence-electron chi connectivity index (χ2n) is 9.28. The number of primary amides is 1. The van der Waals surface area contributed by atoms with Crippen LogP contribution >= 0.6 is 0 Å². The SMILES string of the molecule is CC(C)C(N)C(=O)NC(Cc1ccc(O)cc1)C(=O)NC(CC(N)=O)C(=O)NC(CCCN=C(N)N)C(=O)O. The number of aliphatic carboxylic acids is 1. The smallest absolute Gasteiger partial charge is 0.326 e. The molecule has 1 rings (SSSR count). The second kappa shape index (κ2) is 15.8. The van der Waals surface area contributed by atoms with Crippen molar-refractivity contribution in [3.63, 3.8) is 0 Å². The number of carboxylic acid groups (broad SMARTS) is 1. The van der Waals surface area contributed by atoms with Gasteiger partial charge in [-0.15, -0.1) is 0 Å². The van der Waals surface area contributed by atoms with Crippen molar-refractivity contribution in [2.24, 2.45) is 33.8 Å². The molecule has 1 aromatic rings. The highest BCUT2D eigenvalue weighted by atomic mass is 16.4. The molecule has 39 heavy (non-hydrogen) atoms. The molecule has 4 unspecified atom stereocenters. The van der Waals surface area contributed by atoms with Gasteiger partial charge in [-0.2, -0.15) is 0 Å². The first-order valence-corrected chi connectivity index (χ1v) is 12.2. The van der Waals surface area contributed by atoms with Crippen LogP contribution in [0.15, 0.2) is 29.3 Å². The molecular formula is C24H38N8O7. The lowest BCUT2D eigenvalue weighted by Crippen LogP contribution is -2.58. The Morgan fingerprint density at radius 1 is 0.872 bits per heavy atom. The fourth-order valence-corrected chi connectivity index (χ4v) is 3.36. The zero-order valence-corrected chi connectivity index (χ0v) is 21.9. The number of carbonyl (C=O) groups excluding carboxylic acids is 4. The van der Waals surface area contributed by atoms with Crippen molar-refractivity contribution >= 4 is 35.6 Å². The van der Waals surface area contributed by atoms with E-state index in [0.717, 1.165) is 0 Å². The van der Waals surface area contributed by atoms with E-state index in [-0.39, 0.29) is 43.4 Å². The molecule has 1 aromatic carbocycles. The van der Waals surface area contributed by atoms with Gasteiger partial charge < -0.3 is 49.1 Å². The lowest BCUT2D eigenvalue weighted by molar-refractivity contribution is -0.142. The van der Waals surface area contributed by atoms with E-state index in [9.17, 15) is 34.2 Å². The van der Waals surface area contributed by atoms with E-state index in [4.69, 9.17) is 22.9 Å². The summed E-state index contributed by atoms with van der Waals surface area (Å²) < 4.78 is 0. The number of amides is 4. The number of nitrogens with one attached hydrogen (secondary N) is 3. The van der Waals surface area contributed by atoms with Crippen LogP contribution in [0, 0.1) is 5.92 Å². The van der Waals surface area contributed by atoms with E-state index < -0.39 is 60.2 Å². The quantitative estimate of drug-likeness (QED) is 0.0587. The first kappa shape index (κ1) is 32.6. The van der Waals surface area contributed by atoms with Gasteiger partial charge in [0.05, 0.1) is 12.5 Å². The van der Waals surface area contributed by atoms with Crippen molar-refractivity contribution < 1.29 is 34.2 Å². The number of carbonyl (C=O) groups is 5. The molecule has 0 bridgehead atoms. The summed E-state index contributed by atoms with van der Waals surface area (Å²) in [5, 5.41) is 26.2. The highest BCUT2D eigenvalue weighted by Gasteiger charge is 2.31. The molecule has 216 valence electrons. The number of nitrogens with zero attached hydrogens (tertiary/aromatic N) is 1. The predicted octanol–water partition coefficient (Wildman–Crippen LogP) is -2.61. The molecule has 4 amide bonds. The van der Waals surface area contributed by atoms with Crippen LogP contribution in [0.5, 0.6) is 5.75 Å². The highest BCUT2D eigenvalue weighted by molar-refractivity contribution is 5.96. The van der Waals surface area contributed by atoms with Gasteiger partial charge in [0, 0.05) is 13.0 Å². The maximum Gasteiger partial charge on any atom is 0.326 e. The molecule has 0 aliphatic rings. The third-order valence-corrected chi connectivity index (χ3v) is 5.63. The normalized spacial score (nSPS) is 13.8. The Balaban J connectivity index is 3.10. The first-order valence-electron chi connectivity index (χ1n) is 12.2. The van der Waals surface area contributed by atoms with Crippen LogP contribution in [0.1, 0.15) is 38.7 Å². The zero-order valence-electron chi connectivity index (χ0n) is 21.9. The summed E-state index contributed by atoms with van der Waals surface area (Å²) >= 11 is 0. The number of rotatable bonds is 16. The number of aliphatic imine (C=N–C) groups is 1. The first-order chi connectivity index (χ1) is 18.2. The number of phenolic OH excluding ortho intramolecular Hbond substituents is 1. The third kappa shape index (κ3) is 12.1. The third-order valence-electron chi connectivity index (χ3n) is 5.63. The van der Waals surface area contributed by atoms with Crippen molar-refractivity contribution in [3.05, 3.63) is 29.8 Å². The van der Waals surface area contributed by atoms with Crippen molar-refractivity contribution in [1.29, 1.82) is 0 Å². The monoisotopic (exact) mass is 550 g/mol. The molecule has 0 saturated carbocycles. The maximum atomic E-state index is 13.2. The Labute approximate surface area is 225 Å². The van der Waals surface area contributed by atoms with Crippen molar-refractivity contribution in [3.8, 4) is 5.75 Å². The molecule has 0 saturated heterocycles. The molecular weight excluding hydrogens is 512 g/mol. The molecule has 15 nitrogen and oxygen atoms in total. The number of guanidine groups is 1. The van der Waals surface area contributed by atoms with E-state index in [0.29, 0.717) is 5.56 Å². The summed E-state index contributed by atoms with van der Waals surface area (Å²) in [5.41, 5.74) is 22.2. The number of nitrogens with two attached hydrogens (primary N) is 4. The fourth-order valence-electron chi connectivity index (χ4n) is 3.36. The van der Waals surface area contributed by atoms with Crippen LogP contribution in [-0.4, -0.2) is 76.5 Å². The summed E-state index contributed by atoms with van der Waals surface area (Å²) in [4.78, 5) is 65.8. The van der Waals surface area contributed by atoms with Gasteiger partial charge in [0.1, 0.15) is 23.9 Å². The summed E-state index contributed by atoms with van der Waals surface area (Å²) in [6, 6.07) is 0.811. The fraction of sp³-hybridized carbons (Fsp3) is 0.500. The van der Waals surface area contributed by atoms with Gasteiger partial charge in [-0.3, -0.25) is 24.2 Å². The number of aromatic hydroxyl groups is 1. The Kier molecular flexibility index (Phi) is 13.2. The largest absolute Gasteiger partial charge is 0.508 e. The molecule has 0 aromatic heterocycles. The van der Waals surface area contributed by atoms with Gasteiger partial charge in [0.25, 0.3) is 0 Å². The van der Waals surface area contributed by atoms with Crippen LogP contribution in [0.4, 0.5) is 0 Å². The summed E-state index contributed by atoms with van der Waals surface area (Å²) in [7, 11) is 0. The van der Waals surface area contributed by atoms with E-state index in [1.165, 1.54) is 24.3 Å². The predicted molar refractivity (Wildman–Crippen MR) is 142 cm³/mol. The van der Waals surface area contributed by atoms with Gasteiger partial charge in [-0.05, 0) is 36.5 Å². The Morgan fingerprint density at radius 3 is 1.92 bits per heavy atom. The highest BCUT2D eigenvalue weighted by Crippen LogP contribution is 2.12. The molecule has 0 heterocycles. The average Bonchev–Trinajstić information content (AvgIpc) is 2.84. The number of benzene rings is 1. The minimum absolute atomic E-state index is 0.00454. The summed E-state index contributed by atoms with van der Waals surface area (Å²) in [6.45, 7) is 3.58. The molecule has 0 aliphatic heterocycles. The maximum absolute atomic E-state index is 13.2. The van der Waals surface area contributed by atoms with Crippen LogP contribution in [0.25, 0.3) is 0 Å². The number of hydrogen-bond acceptors (Lipinski definition) is 8. The number of carboxylic acids is 1. The zero-order chi connectivity index (χ0) is 29.7. The minimum Gasteiger partial charge on any atom is -0.508 e. The second-order valence-corrected chi connectivity index (χ2v) is 9.28. The molecule has 0 aliphatic carbocycles. The van der Waals surface area contributed by atoms with Gasteiger partial charge in [-0.25, -0.2) is 4.79 Å². The minimum atomic E-state index is -1.53. The Hall–Kier alpha value is -4.40. The molecule has 0 spiro atoms. The lowest BCUT2D eigenvalue weighted by atomic mass is 10.0. The van der Waals surface area contributed by atoms with E-state index >= 15 is 0 Å². The van der Waals surface area contributed by atoms with Gasteiger partial charge in [-0.1, -0.05) is 26.0 Å². The summed E-state index contributed by atoms with van der Waals surface area (Å²) in [6.07, 6.45) is -0.500. The number of hydrogen-bond donors (Lipinski definition) is 9. The van der Waals surface area contributed by atoms with Crippen LogP contribution in [0.3, 0.4) is 0 Å². The van der Waals surface area contributed by atoms with Crippen LogP contribution < -0.4 is 38.9 Å². The summed E-state index contributed by atoms with van der Waals surface area (Å²) in [5.74, 6) is -5.12. The van der Waals surface area contributed by atoms with E-state index in [1.54, 1.807) is 13.8 Å². The van der Waals surface area contributed by atoms with Crippen LogP contribution in [-0.2, 0) is 30.4 Å². The molecule has 0 fully saturated rings.